The molecule has 4 aromatic rings. The van der Waals surface area contributed by atoms with Gasteiger partial charge in [-0.25, -0.2) is 0 Å². The van der Waals surface area contributed by atoms with Crippen LogP contribution in [-0.2, 0) is 20.3 Å². The van der Waals surface area contributed by atoms with Crippen LogP contribution < -0.4 is 24.8 Å². The van der Waals surface area contributed by atoms with Crippen molar-refractivity contribution in [3.8, 4) is 22.3 Å². The molecular weight excluding hydrogens is 679 g/mol. The molecule has 0 amide bonds. The molecule has 3 heteroatoms. The quantitative estimate of drug-likeness (QED) is 0.183. The first-order chi connectivity index (χ1) is 21.4. The fourth-order valence-corrected chi connectivity index (χ4v) is 24.7. The molecule has 0 radical (unpaired) electrons. The standard InChI is InChI=1S/2C20H21.C3H6.2ClH.Zr/c2*1-4-15-12-18-6-5-7-19(20(18)13-15)17-10-8-16(9-11-17)14(2)3;1-3-2;;;/h2*5-14H,4H2,1-3H3;1-3H2;2*1H;/q;;;;;+2/p-2. The number of halogens is 2. The van der Waals surface area contributed by atoms with Crippen molar-refractivity contribution in [2.75, 3.05) is 0 Å². The molecule has 3 aliphatic rings. The Kier molecular flexibility index (Phi) is 10.8. The molecule has 2 atom stereocenters. The van der Waals surface area contributed by atoms with Gasteiger partial charge in [-0.1, -0.05) is 0 Å². The minimum Gasteiger partial charge on any atom is -1.00 e. The molecule has 4 aromatic carbocycles. The van der Waals surface area contributed by atoms with Crippen molar-refractivity contribution in [2.45, 2.75) is 88.1 Å². The van der Waals surface area contributed by atoms with E-state index in [1.807, 2.05) is 0 Å². The molecule has 0 nitrogen and oxygen atoms in total. The summed E-state index contributed by atoms with van der Waals surface area (Å²) >= 11 is -2.81. The molecule has 0 bridgehead atoms. The maximum atomic E-state index is 2.64. The second-order valence-electron chi connectivity index (χ2n) is 14.3. The van der Waals surface area contributed by atoms with Crippen LogP contribution in [0.5, 0.6) is 0 Å². The van der Waals surface area contributed by atoms with Gasteiger partial charge in [0.05, 0.1) is 0 Å². The predicted octanol–water partition coefficient (Wildman–Crippen LogP) is 7.07. The van der Waals surface area contributed by atoms with Gasteiger partial charge in [-0.3, -0.25) is 0 Å². The van der Waals surface area contributed by atoms with Crippen LogP contribution in [0, 0.1) is 0 Å². The Morgan fingerprint density at radius 2 is 0.957 bits per heavy atom. The second-order valence-corrected chi connectivity index (χ2v) is 25.6. The molecule has 1 fully saturated rings. The first kappa shape index (κ1) is 35.1. The molecule has 0 aromatic heterocycles. The van der Waals surface area contributed by atoms with E-state index in [2.05, 4.69) is 139 Å². The number of allylic oxidation sites excluding steroid dienone is 2. The fourth-order valence-electron chi connectivity index (χ4n) is 8.83. The molecular formula is C43H48Cl2Zr. The van der Waals surface area contributed by atoms with Crippen LogP contribution in [0.3, 0.4) is 0 Å². The predicted molar refractivity (Wildman–Crippen MR) is 188 cm³/mol. The average molecular weight is 727 g/mol. The zero-order chi connectivity index (χ0) is 30.6. The Labute approximate surface area is 295 Å². The fraction of sp³-hybridized carbons (Fsp3) is 0.349. The SMILES string of the molecule is CCC1=Cc2c(-c3ccc(C(C)C)cc3)cccc2[CH]1[Zr+2]1([CH]2C(CC)=Cc3c(-c4ccc(C(C)C)cc4)cccc32)[CH2]C[CH2]1.[Cl-].[Cl-]. The van der Waals surface area contributed by atoms with Crippen molar-refractivity contribution in [3.63, 3.8) is 0 Å². The summed E-state index contributed by atoms with van der Waals surface area (Å²) in [5.41, 5.74) is 18.2. The van der Waals surface area contributed by atoms with Gasteiger partial charge in [-0.05, 0) is 0 Å². The minimum atomic E-state index is -2.81. The maximum Gasteiger partial charge on any atom is -1.00 e. The molecule has 238 valence electrons. The average Bonchev–Trinajstić information content (AvgIpc) is 3.60. The Morgan fingerprint density at radius 1 is 0.565 bits per heavy atom. The van der Waals surface area contributed by atoms with E-state index < -0.39 is 20.3 Å². The van der Waals surface area contributed by atoms with E-state index >= 15 is 0 Å². The Balaban J connectivity index is 0.00000208. The van der Waals surface area contributed by atoms with Gasteiger partial charge >= 0.3 is 272 Å². The summed E-state index contributed by atoms with van der Waals surface area (Å²) in [5.74, 6) is 1.12. The van der Waals surface area contributed by atoms with Crippen LogP contribution in [0.2, 0.25) is 8.26 Å². The summed E-state index contributed by atoms with van der Waals surface area (Å²) < 4.78 is 4.40. The zero-order valence-electron chi connectivity index (χ0n) is 28.3. The van der Waals surface area contributed by atoms with Crippen LogP contribution >= 0.6 is 0 Å². The first-order valence-corrected chi connectivity index (χ1v) is 23.5. The van der Waals surface area contributed by atoms with Crippen molar-refractivity contribution >= 4 is 12.2 Å². The molecule has 46 heavy (non-hydrogen) atoms. The van der Waals surface area contributed by atoms with Gasteiger partial charge in [0, 0.05) is 0 Å². The van der Waals surface area contributed by atoms with Crippen molar-refractivity contribution in [1.82, 2.24) is 0 Å². The van der Waals surface area contributed by atoms with Crippen LogP contribution in [0.15, 0.2) is 96.1 Å². The summed E-state index contributed by atoms with van der Waals surface area (Å²) in [7, 11) is 0. The maximum absolute atomic E-state index is 2.81. The van der Waals surface area contributed by atoms with Gasteiger partial charge in [0.1, 0.15) is 0 Å². The Hall–Kier alpha value is -2.18. The zero-order valence-corrected chi connectivity index (χ0v) is 32.3. The Morgan fingerprint density at radius 3 is 1.26 bits per heavy atom. The van der Waals surface area contributed by atoms with E-state index in [9.17, 15) is 0 Å². The molecule has 7 rings (SSSR count). The third-order valence-corrected chi connectivity index (χ3v) is 26.6. The summed E-state index contributed by atoms with van der Waals surface area (Å²) in [4.78, 5) is 0. The molecule has 2 aliphatic carbocycles. The first-order valence-electron chi connectivity index (χ1n) is 17.2. The number of fused-ring (bicyclic) bond motifs is 2. The van der Waals surface area contributed by atoms with Gasteiger partial charge in [-0.2, -0.15) is 0 Å². The Bertz CT molecular complexity index is 1630. The number of hydrogen-bond acceptors (Lipinski definition) is 0. The van der Waals surface area contributed by atoms with Crippen molar-refractivity contribution in [3.05, 3.63) is 129 Å². The number of benzene rings is 4. The third kappa shape index (κ3) is 5.78. The van der Waals surface area contributed by atoms with Crippen molar-refractivity contribution in [1.29, 1.82) is 0 Å². The van der Waals surface area contributed by atoms with E-state index in [0.29, 0.717) is 19.1 Å². The van der Waals surface area contributed by atoms with E-state index in [1.54, 1.807) is 22.3 Å². The van der Waals surface area contributed by atoms with E-state index in [-0.39, 0.29) is 24.8 Å². The summed E-state index contributed by atoms with van der Waals surface area (Å²) in [6.07, 6.45) is 9.03. The van der Waals surface area contributed by atoms with Gasteiger partial charge in [0.2, 0.25) is 0 Å². The van der Waals surface area contributed by atoms with Gasteiger partial charge in [-0.15, -0.1) is 0 Å². The van der Waals surface area contributed by atoms with Crippen LogP contribution in [0.1, 0.15) is 113 Å². The molecule has 0 saturated carbocycles. The van der Waals surface area contributed by atoms with E-state index in [0.717, 1.165) is 12.8 Å². The normalized spacial score (nSPS) is 18.3. The number of hydrogen-bond donors (Lipinski definition) is 0. The molecule has 1 heterocycles. The van der Waals surface area contributed by atoms with Crippen molar-refractivity contribution < 1.29 is 45.1 Å². The summed E-state index contributed by atoms with van der Waals surface area (Å²) in [6, 6.07) is 33.3. The summed E-state index contributed by atoms with van der Waals surface area (Å²) in [5, 5.41) is 0. The largest absolute Gasteiger partial charge is 1.00 e. The molecule has 0 spiro atoms. The second kappa shape index (κ2) is 14.1. The molecule has 1 aliphatic heterocycles. The third-order valence-electron chi connectivity index (χ3n) is 11.3. The molecule has 2 unspecified atom stereocenters. The van der Waals surface area contributed by atoms with Crippen LogP contribution in [-0.4, -0.2) is 0 Å². The smallest absolute Gasteiger partial charge is 1.00 e. The summed E-state index contributed by atoms with van der Waals surface area (Å²) in [6.45, 7) is 14.0. The minimum absolute atomic E-state index is 0. The molecule has 1 saturated heterocycles. The number of rotatable bonds is 8. The van der Waals surface area contributed by atoms with Gasteiger partial charge in [0.15, 0.2) is 0 Å². The van der Waals surface area contributed by atoms with E-state index in [4.69, 9.17) is 0 Å². The van der Waals surface area contributed by atoms with Crippen LogP contribution in [0.25, 0.3) is 34.4 Å². The monoisotopic (exact) mass is 724 g/mol. The van der Waals surface area contributed by atoms with Crippen molar-refractivity contribution in [2.24, 2.45) is 0 Å². The van der Waals surface area contributed by atoms with Gasteiger partial charge < -0.3 is 24.8 Å². The van der Waals surface area contributed by atoms with E-state index in [1.165, 1.54) is 59.2 Å². The topological polar surface area (TPSA) is 0 Å². The van der Waals surface area contributed by atoms with Crippen LogP contribution in [0.4, 0.5) is 0 Å². The molecule has 0 N–H and O–H groups in total. The van der Waals surface area contributed by atoms with Gasteiger partial charge in [0.25, 0.3) is 0 Å².